The van der Waals surface area contributed by atoms with Crippen LogP contribution in [-0.2, 0) is 0 Å². The molecular formula is C11H14FO2. The SMILES string of the molecule is CCOc1ccc([C](C)CO)cc1F. The summed E-state index contributed by atoms with van der Waals surface area (Å²) in [5.41, 5.74) is 0.702. The molecule has 0 fully saturated rings. The normalized spacial score (nSPS) is 10.6. The molecule has 1 aromatic rings. The molecule has 0 aliphatic heterocycles. The van der Waals surface area contributed by atoms with E-state index in [1.165, 1.54) is 6.07 Å². The van der Waals surface area contributed by atoms with Gasteiger partial charge in [-0.25, -0.2) is 4.39 Å². The molecule has 0 aromatic heterocycles. The summed E-state index contributed by atoms with van der Waals surface area (Å²) in [6.07, 6.45) is 0. The van der Waals surface area contributed by atoms with Crippen molar-refractivity contribution >= 4 is 0 Å². The highest BCUT2D eigenvalue weighted by Crippen LogP contribution is 2.22. The average Bonchev–Trinajstić information content (AvgIpc) is 2.20. The Hall–Kier alpha value is -1.09. The van der Waals surface area contributed by atoms with Crippen molar-refractivity contribution in [3.05, 3.63) is 35.5 Å². The minimum atomic E-state index is -0.392. The molecule has 1 aromatic carbocycles. The Morgan fingerprint density at radius 3 is 2.71 bits per heavy atom. The molecule has 0 unspecified atom stereocenters. The number of benzene rings is 1. The molecule has 0 spiro atoms. The molecule has 1 radical (unpaired) electrons. The van der Waals surface area contributed by atoms with Crippen molar-refractivity contribution in [3.8, 4) is 5.75 Å². The quantitative estimate of drug-likeness (QED) is 0.801. The van der Waals surface area contributed by atoms with Crippen LogP contribution in [0.2, 0.25) is 0 Å². The molecule has 0 amide bonds. The van der Waals surface area contributed by atoms with Crippen molar-refractivity contribution in [2.24, 2.45) is 0 Å². The Labute approximate surface area is 83.3 Å². The van der Waals surface area contributed by atoms with Crippen molar-refractivity contribution in [1.82, 2.24) is 0 Å². The summed E-state index contributed by atoms with van der Waals surface area (Å²) >= 11 is 0. The van der Waals surface area contributed by atoms with E-state index in [-0.39, 0.29) is 12.4 Å². The molecule has 0 saturated carbocycles. The number of rotatable bonds is 4. The first-order valence-electron chi connectivity index (χ1n) is 4.55. The lowest BCUT2D eigenvalue weighted by Gasteiger charge is -2.10. The van der Waals surface area contributed by atoms with E-state index in [0.717, 1.165) is 5.92 Å². The van der Waals surface area contributed by atoms with Crippen molar-refractivity contribution in [2.75, 3.05) is 13.2 Å². The fourth-order valence-corrected chi connectivity index (χ4v) is 1.13. The van der Waals surface area contributed by atoms with Crippen LogP contribution >= 0.6 is 0 Å². The van der Waals surface area contributed by atoms with Crippen LogP contribution in [-0.4, -0.2) is 18.3 Å². The van der Waals surface area contributed by atoms with Crippen LogP contribution in [0.1, 0.15) is 19.4 Å². The van der Waals surface area contributed by atoms with E-state index in [1.54, 1.807) is 26.0 Å². The Kier molecular flexibility index (Phi) is 3.89. The van der Waals surface area contributed by atoms with Gasteiger partial charge in [0.05, 0.1) is 13.2 Å². The Balaban J connectivity index is 2.88. The van der Waals surface area contributed by atoms with Gasteiger partial charge >= 0.3 is 0 Å². The predicted molar refractivity (Wildman–Crippen MR) is 52.7 cm³/mol. The Bertz CT molecular complexity index is 299. The van der Waals surface area contributed by atoms with Crippen LogP contribution in [0.5, 0.6) is 5.75 Å². The first-order valence-corrected chi connectivity index (χ1v) is 4.55. The van der Waals surface area contributed by atoms with E-state index >= 15 is 0 Å². The zero-order chi connectivity index (χ0) is 10.6. The summed E-state index contributed by atoms with van der Waals surface area (Å²) in [6.45, 7) is 3.94. The largest absolute Gasteiger partial charge is 0.491 e. The third kappa shape index (κ3) is 2.45. The van der Waals surface area contributed by atoms with Crippen LogP contribution in [0.3, 0.4) is 0 Å². The van der Waals surface area contributed by atoms with Crippen LogP contribution < -0.4 is 4.74 Å². The highest BCUT2D eigenvalue weighted by atomic mass is 19.1. The maximum atomic E-state index is 13.3. The minimum Gasteiger partial charge on any atom is -0.491 e. The summed E-state index contributed by atoms with van der Waals surface area (Å²) < 4.78 is 18.4. The second-order valence-electron chi connectivity index (χ2n) is 3.02. The Morgan fingerprint density at radius 2 is 2.21 bits per heavy atom. The monoisotopic (exact) mass is 197 g/mol. The summed E-state index contributed by atoms with van der Waals surface area (Å²) in [5.74, 6) is 0.603. The molecule has 2 nitrogen and oxygen atoms in total. The molecule has 0 aliphatic rings. The molecule has 1 rings (SSSR count). The average molecular weight is 197 g/mol. The van der Waals surface area contributed by atoms with E-state index in [0.29, 0.717) is 12.2 Å². The van der Waals surface area contributed by atoms with Crippen molar-refractivity contribution < 1.29 is 14.2 Å². The van der Waals surface area contributed by atoms with Crippen LogP contribution in [0.15, 0.2) is 18.2 Å². The van der Waals surface area contributed by atoms with Crippen LogP contribution in [0.4, 0.5) is 4.39 Å². The van der Waals surface area contributed by atoms with Gasteiger partial charge in [0.25, 0.3) is 0 Å². The lowest BCUT2D eigenvalue weighted by Crippen LogP contribution is -2.02. The van der Waals surface area contributed by atoms with Gasteiger partial charge in [0.1, 0.15) is 0 Å². The smallest absolute Gasteiger partial charge is 0.165 e. The number of ether oxygens (including phenoxy) is 1. The molecule has 0 atom stereocenters. The number of halogens is 1. The topological polar surface area (TPSA) is 29.5 Å². The number of hydrogen-bond acceptors (Lipinski definition) is 2. The zero-order valence-electron chi connectivity index (χ0n) is 8.38. The van der Waals surface area contributed by atoms with E-state index in [2.05, 4.69) is 0 Å². The summed E-state index contributed by atoms with van der Waals surface area (Å²) in [7, 11) is 0. The van der Waals surface area contributed by atoms with E-state index in [9.17, 15) is 4.39 Å². The Morgan fingerprint density at radius 1 is 1.50 bits per heavy atom. The fraction of sp³-hybridized carbons (Fsp3) is 0.364. The van der Waals surface area contributed by atoms with Crippen molar-refractivity contribution in [3.63, 3.8) is 0 Å². The van der Waals surface area contributed by atoms with Gasteiger partial charge in [-0.15, -0.1) is 0 Å². The van der Waals surface area contributed by atoms with Gasteiger partial charge in [-0.2, -0.15) is 0 Å². The van der Waals surface area contributed by atoms with Gasteiger partial charge < -0.3 is 9.84 Å². The molecule has 77 valence electrons. The molecule has 1 N–H and O–H groups in total. The number of aliphatic hydroxyl groups excluding tert-OH is 1. The zero-order valence-corrected chi connectivity index (χ0v) is 8.38. The van der Waals surface area contributed by atoms with Gasteiger partial charge in [-0.1, -0.05) is 13.0 Å². The lowest BCUT2D eigenvalue weighted by molar-refractivity contribution is 0.313. The first-order chi connectivity index (χ1) is 6.69. The van der Waals surface area contributed by atoms with Gasteiger partial charge in [-0.05, 0) is 24.6 Å². The summed E-state index contributed by atoms with van der Waals surface area (Å²) in [6, 6.07) is 4.68. The fourth-order valence-electron chi connectivity index (χ4n) is 1.13. The molecular weight excluding hydrogens is 183 g/mol. The van der Waals surface area contributed by atoms with Crippen LogP contribution in [0, 0.1) is 11.7 Å². The first kappa shape index (κ1) is 11.0. The summed E-state index contributed by atoms with van der Waals surface area (Å²) in [4.78, 5) is 0. The van der Waals surface area contributed by atoms with E-state index < -0.39 is 5.82 Å². The highest BCUT2D eigenvalue weighted by Gasteiger charge is 2.09. The third-order valence-electron chi connectivity index (χ3n) is 1.96. The van der Waals surface area contributed by atoms with Gasteiger partial charge in [0.2, 0.25) is 0 Å². The number of aliphatic hydroxyl groups is 1. The van der Waals surface area contributed by atoms with Crippen molar-refractivity contribution in [1.29, 1.82) is 0 Å². The highest BCUT2D eigenvalue weighted by molar-refractivity contribution is 5.36. The van der Waals surface area contributed by atoms with Gasteiger partial charge in [-0.3, -0.25) is 0 Å². The van der Waals surface area contributed by atoms with Gasteiger partial charge in [0, 0.05) is 5.92 Å². The van der Waals surface area contributed by atoms with Crippen molar-refractivity contribution in [2.45, 2.75) is 13.8 Å². The van der Waals surface area contributed by atoms with Crippen LogP contribution in [0.25, 0.3) is 0 Å². The predicted octanol–water partition coefficient (Wildman–Crippen LogP) is 2.16. The van der Waals surface area contributed by atoms with Gasteiger partial charge in [0.15, 0.2) is 11.6 Å². The standard InChI is InChI=1S/C11H14FO2/c1-3-14-11-5-4-9(6-10(11)12)8(2)7-13/h4-6,13H,3,7H2,1-2H3. The minimum absolute atomic E-state index is 0.0621. The molecule has 0 aliphatic carbocycles. The number of hydrogen-bond donors (Lipinski definition) is 1. The summed E-state index contributed by atoms with van der Waals surface area (Å²) in [5, 5.41) is 8.86. The van der Waals surface area contributed by atoms with E-state index in [4.69, 9.17) is 9.84 Å². The maximum Gasteiger partial charge on any atom is 0.165 e. The molecule has 0 saturated heterocycles. The second kappa shape index (κ2) is 4.96. The molecule has 3 heteroatoms. The molecule has 0 heterocycles. The second-order valence-corrected chi connectivity index (χ2v) is 3.02. The molecule has 0 bridgehead atoms. The maximum absolute atomic E-state index is 13.3. The molecule has 14 heavy (non-hydrogen) atoms. The third-order valence-corrected chi connectivity index (χ3v) is 1.96. The van der Waals surface area contributed by atoms with E-state index in [1.807, 2.05) is 0 Å². The lowest BCUT2D eigenvalue weighted by atomic mass is 10.0.